The van der Waals surface area contributed by atoms with Crippen LogP contribution in [-0.2, 0) is 0 Å². The molecule has 2 rings (SSSR count). The van der Waals surface area contributed by atoms with Gasteiger partial charge in [0, 0.05) is 17.5 Å². The Morgan fingerprint density at radius 2 is 2.40 bits per heavy atom. The molecule has 1 aliphatic heterocycles. The summed E-state index contributed by atoms with van der Waals surface area (Å²) in [6.45, 7) is 0. The van der Waals surface area contributed by atoms with E-state index >= 15 is 0 Å². The molecular weight excluding hydrogens is 204 g/mol. The van der Waals surface area contributed by atoms with E-state index in [1.807, 2.05) is 36.0 Å². The number of thioether (sulfide) groups is 1. The first kappa shape index (κ1) is 10.4. The van der Waals surface area contributed by atoms with Gasteiger partial charge >= 0.3 is 0 Å². The van der Waals surface area contributed by atoms with E-state index in [4.69, 9.17) is 5.26 Å². The van der Waals surface area contributed by atoms with Crippen molar-refractivity contribution in [1.82, 2.24) is 0 Å². The monoisotopic (exact) mass is 218 g/mol. The zero-order valence-corrected chi connectivity index (χ0v) is 9.39. The van der Waals surface area contributed by atoms with E-state index in [1.165, 1.54) is 24.3 Å². The highest BCUT2D eigenvalue weighted by molar-refractivity contribution is 7.99. The third kappa shape index (κ3) is 2.90. The predicted molar refractivity (Wildman–Crippen MR) is 65.1 cm³/mol. The highest BCUT2D eigenvalue weighted by Crippen LogP contribution is 2.21. The van der Waals surface area contributed by atoms with Gasteiger partial charge in [-0.3, -0.25) is 0 Å². The van der Waals surface area contributed by atoms with Gasteiger partial charge < -0.3 is 5.32 Å². The second kappa shape index (κ2) is 5.09. The zero-order valence-electron chi connectivity index (χ0n) is 8.57. The first-order valence-electron chi connectivity index (χ1n) is 5.23. The van der Waals surface area contributed by atoms with Gasteiger partial charge in [0.2, 0.25) is 0 Å². The van der Waals surface area contributed by atoms with E-state index in [-0.39, 0.29) is 0 Å². The first-order valence-corrected chi connectivity index (χ1v) is 6.38. The van der Waals surface area contributed by atoms with Crippen LogP contribution in [0.15, 0.2) is 24.3 Å². The Bertz CT molecular complexity index is 364. The molecule has 1 N–H and O–H groups in total. The molecule has 1 aromatic rings. The quantitative estimate of drug-likeness (QED) is 0.829. The average Bonchev–Trinajstić information content (AvgIpc) is 2.31. The number of rotatable bonds is 2. The van der Waals surface area contributed by atoms with Gasteiger partial charge in [0.25, 0.3) is 0 Å². The molecule has 78 valence electrons. The summed E-state index contributed by atoms with van der Waals surface area (Å²) in [5.41, 5.74) is 1.80. The lowest BCUT2D eigenvalue weighted by atomic mass is 10.1. The SMILES string of the molecule is N#Cc1cccc(N[C@H]2CCCSC2)c1. The fourth-order valence-electron chi connectivity index (χ4n) is 1.77. The second-order valence-corrected chi connectivity index (χ2v) is 4.90. The maximum Gasteiger partial charge on any atom is 0.0992 e. The topological polar surface area (TPSA) is 35.8 Å². The van der Waals surface area contributed by atoms with Crippen molar-refractivity contribution in [2.45, 2.75) is 18.9 Å². The Labute approximate surface area is 94.7 Å². The molecule has 0 saturated carbocycles. The van der Waals surface area contributed by atoms with Crippen LogP contribution in [0, 0.1) is 11.3 Å². The van der Waals surface area contributed by atoms with Crippen molar-refractivity contribution < 1.29 is 0 Å². The Balaban J connectivity index is 2.00. The number of nitrogens with one attached hydrogen (secondary N) is 1. The van der Waals surface area contributed by atoms with Crippen molar-refractivity contribution in [3.8, 4) is 6.07 Å². The van der Waals surface area contributed by atoms with Crippen LogP contribution in [0.3, 0.4) is 0 Å². The van der Waals surface area contributed by atoms with Crippen LogP contribution in [0.1, 0.15) is 18.4 Å². The number of benzene rings is 1. The van der Waals surface area contributed by atoms with E-state index in [9.17, 15) is 0 Å². The Morgan fingerprint density at radius 3 is 3.13 bits per heavy atom. The molecule has 0 aromatic heterocycles. The standard InChI is InChI=1S/C12H14N2S/c13-8-10-3-1-4-11(7-10)14-12-5-2-6-15-9-12/h1,3-4,7,12,14H,2,5-6,9H2/t12-/m0/s1. The zero-order chi connectivity index (χ0) is 10.5. The summed E-state index contributed by atoms with van der Waals surface area (Å²) in [6, 6.07) is 10.4. The molecule has 0 unspecified atom stereocenters. The lowest BCUT2D eigenvalue weighted by molar-refractivity contribution is 0.685. The Hall–Kier alpha value is -1.14. The maximum absolute atomic E-state index is 8.79. The number of nitrogens with zero attached hydrogens (tertiary/aromatic N) is 1. The fourth-order valence-corrected chi connectivity index (χ4v) is 2.84. The van der Waals surface area contributed by atoms with E-state index in [0.717, 1.165) is 11.3 Å². The molecule has 0 aliphatic carbocycles. The molecular formula is C12H14N2S. The van der Waals surface area contributed by atoms with Crippen LogP contribution in [0.2, 0.25) is 0 Å². The van der Waals surface area contributed by atoms with Crippen molar-refractivity contribution in [2.24, 2.45) is 0 Å². The van der Waals surface area contributed by atoms with Gasteiger partial charge in [-0.2, -0.15) is 17.0 Å². The predicted octanol–water partition coefficient (Wildman–Crippen LogP) is 2.87. The largest absolute Gasteiger partial charge is 0.381 e. The summed E-state index contributed by atoms with van der Waals surface area (Å²) in [6.07, 6.45) is 2.53. The first-order chi connectivity index (χ1) is 7.38. The lowest BCUT2D eigenvalue weighted by Crippen LogP contribution is -2.25. The normalized spacial score (nSPS) is 20.6. The van der Waals surface area contributed by atoms with Crippen molar-refractivity contribution in [3.05, 3.63) is 29.8 Å². The lowest BCUT2D eigenvalue weighted by Gasteiger charge is -2.23. The number of hydrogen-bond donors (Lipinski definition) is 1. The van der Waals surface area contributed by atoms with Gasteiger partial charge in [-0.15, -0.1) is 0 Å². The number of anilines is 1. The maximum atomic E-state index is 8.79. The molecule has 0 bridgehead atoms. The van der Waals surface area contributed by atoms with Crippen molar-refractivity contribution in [3.63, 3.8) is 0 Å². The molecule has 2 nitrogen and oxygen atoms in total. The van der Waals surface area contributed by atoms with Crippen molar-refractivity contribution in [2.75, 3.05) is 16.8 Å². The summed E-state index contributed by atoms with van der Waals surface area (Å²) in [4.78, 5) is 0. The smallest absolute Gasteiger partial charge is 0.0992 e. The van der Waals surface area contributed by atoms with Gasteiger partial charge in [-0.1, -0.05) is 6.07 Å². The van der Waals surface area contributed by atoms with Gasteiger partial charge in [-0.05, 0) is 36.8 Å². The Morgan fingerprint density at radius 1 is 1.47 bits per heavy atom. The molecule has 15 heavy (non-hydrogen) atoms. The van der Waals surface area contributed by atoms with Crippen molar-refractivity contribution >= 4 is 17.4 Å². The molecule has 1 saturated heterocycles. The second-order valence-electron chi connectivity index (χ2n) is 3.75. The van der Waals surface area contributed by atoms with Crippen molar-refractivity contribution in [1.29, 1.82) is 5.26 Å². The van der Waals surface area contributed by atoms with Gasteiger partial charge in [-0.25, -0.2) is 0 Å². The minimum absolute atomic E-state index is 0.567. The third-order valence-corrected chi connectivity index (χ3v) is 3.74. The van der Waals surface area contributed by atoms with Gasteiger partial charge in [0.1, 0.15) is 0 Å². The highest BCUT2D eigenvalue weighted by Gasteiger charge is 2.12. The number of nitriles is 1. The van der Waals surface area contributed by atoms with E-state index in [2.05, 4.69) is 11.4 Å². The third-order valence-electron chi connectivity index (χ3n) is 2.52. The molecule has 0 radical (unpaired) electrons. The van der Waals surface area contributed by atoms with Gasteiger partial charge in [0.15, 0.2) is 0 Å². The van der Waals surface area contributed by atoms with Crippen LogP contribution in [0.4, 0.5) is 5.69 Å². The summed E-state index contributed by atoms with van der Waals surface area (Å²) >= 11 is 2.00. The van der Waals surface area contributed by atoms with Crippen LogP contribution in [0.25, 0.3) is 0 Å². The van der Waals surface area contributed by atoms with E-state index < -0.39 is 0 Å². The van der Waals surface area contributed by atoms with Crippen LogP contribution < -0.4 is 5.32 Å². The average molecular weight is 218 g/mol. The molecule has 1 atom stereocenters. The van der Waals surface area contributed by atoms with E-state index in [1.54, 1.807) is 0 Å². The molecule has 1 fully saturated rings. The minimum atomic E-state index is 0.567. The minimum Gasteiger partial charge on any atom is -0.381 e. The summed E-state index contributed by atoms with van der Waals surface area (Å²) in [7, 11) is 0. The van der Waals surface area contributed by atoms with Crippen LogP contribution >= 0.6 is 11.8 Å². The summed E-state index contributed by atoms with van der Waals surface area (Å²) in [5.74, 6) is 2.47. The fraction of sp³-hybridized carbons (Fsp3) is 0.417. The van der Waals surface area contributed by atoms with Crippen LogP contribution in [0.5, 0.6) is 0 Å². The Kier molecular flexibility index (Phi) is 3.52. The molecule has 0 spiro atoms. The molecule has 0 amide bonds. The molecule has 1 aliphatic rings. The molecule has 3 heteroatoms. The highest BCUT2D eigenvalue weighted by atomic mass is 32.2. The van der Waals surface area contributed by atoms with Gasteiger partial charge in [0.05, 0.1) is 11.6 Å². The summed E-state index contributed by atoms with van der Waals surface area (Å²) < 4.78 is 0. The van der Waals surface area contributed by atoms with E-state index in [0.29, 0.717) is 6.04 Å². The van der Waals surface area contributed by atoms with Crippen LogP contribution in [-0.4, -0.2) is 17.5 Å². The molecule has 1 heterocycles. The summed E-state index contributed by atoms with van der Waals surface area (Å²) in [5, 5.41) is 12.3. The molecule has 1 aromatic carbocycles. The number of hydrogen-bond acceptors (Lipinski definition) is 3.